The Labute approximate surface area is 122 Å². The highest BCUT2D eigenvalue weighted by Crippen LogP contribution is 2.33. The zero-order valence-corrected chi connectivity index (χ0v) is 12.0. The fourth-order valence-electron chi connectivity index (χ4n) is 2.53. The molecule has 3 rings (SSSR count). The Kier molecular flexibility index (Phi) is 3.30. The van der Waals surface area contributed by atoms with Crippen LogP contribution in [0.25, 0.3) is 0 Å². The molecule has 0 bridgehead atoms. The number of carbonyl (C=O) groups excluding carboxylic acids is 1. The lowest BCUT2D eigenvalue weighted by molar-refractivity contribution is 0.0945. The summed E-state index contributed by atoms with van der Waals surface area (Å²) in [7, 11) is -3.79. The van der Waals surface area contributed by atoms with E-state index >= 15 is 0 Å². The number of H-pyrrole nitrogens is 1. The molecule has 0 saturated carbocycles. The molecule has 1 aliphatic carbocycles. The van der Waals surface area contributed by atoms with E-state index in [1.165, 1.54) is 23.4 Å². The molecule has 1 aromatic carbocycles. The van der Waals surface area contributed by atoms with Crippen LogP contribution >= 0.6 is 0 Å². The Bertz CT molecular complexity index is 795. The van der Waals surface area contributed by atoms with Crippen molar-refractivity contribution in [3.05, 3.63) is 53.3 Å². The van der Waals surface area contributed by atoms with Crippen LogP contribution in [0.5, 0.6) is 0 Å². The fourth-order valence-corrected chi connectivity index (χ4v) is 3.03. The van der Waals surface area contributed by atoms with Crippen molar-refractivity contribution in [3.8, 4) is 0 Å². The highest BCUT2D eigenvalue weighted by atomic mass is 32.2. The summed E-state index contributed by atoms with van der Waals surface area (Å²) in [5.41, 5.74) is 2.76. The SMILES string of the molecule is NS(=O)(=O)c1c[nH]c(C(=O)NCC2Cc3ccccc32)c1. The van der Waals surface area contributed by atoms with E-state index in [0.29, 0.717) is 12.5 Å². The molecule has 1 atom stereocenters. The Morgan fingerprint density at radius 3 is 2.81 bits per heavy atom. The highest BCUT2D eigenvalue weighted by Gasteiger charge is 2.26. The highest BCUT2D eigenvalue weighted by molar-refractivity contribution is 7.89. The van der Waals surface area contributed by atoms with Gasteiger partial charge in [0.05, 0.1) is 4.90 Å². The molecule has 110 valence electrons. The number of amides is 1. The molecule has 0 fully saturated rings. The van der Waals surface area contributed by atoms with Crippen LogP contribution in [0.2, 0.25) is 0 Å². The van der Waals surface area contributed by atoms with Gasteiger partial charge in [-0.25, -0.2) is 13.6 Å². The van der Waals surface area contributed by atoms with Crippen molar-refractivity contribution < 1.29 is 13.2 Å². The summed E-state index contributed by atoms with van der Waals surface area (Å²) >= 11 is 0. The molecule has 0 saturated heterocycles. The summed E-state index contributed by atoms with van der Waals surface area (Å²) in [5.74, 6) is -0.0212. The van der Waals surface area contributed by atoms with Gasteiger partial charge in [-0.1, -0.05) is 24.3 Å². The monoisotopic (exact) mass is 305 g/mol. The molecule has 0 spiro atoms. The van der Waals surface area contributed by atoms with E-state index in [2.05, 4.69) is 22.4 Å². The quantitative estimate of drug-likeness (QED) is 0.775. The third kappa shape index (κ3) is 2.70. The maximum absolute atomic E-state index is 12.0. The number of nitrogens with two attached hydrogens (primary N) is 1. The van der Waals surface area contributed by atoms with Gasteiger partial charge in [-0.05, 0) is 23.6 Å². The second kappa shape index (κ2) is 5.01. The third-order valence-electron chi connectivity index (χ3n) is 3.70. The average molecular weight is 305 g/mol. The Morgan fingerprint density at radius 2 is 2.14 bits per heavy atom. The number of carbonyl (C=O) groups is 1. The predicted octanol–water partition coefficient (Wildman–Crippen LogP) is 0.732. The van der Waals surface area contributed by atoms with E-state index in [4.69, 9.17) is 5.14 Å². The zero-order chi connectivity index (χ0) is 15.0. The summed E-state index contributed by atoms with van der Waals surface area (Å²) in [6.07, 6.45) is 2.16. The summed E-state index contributed by atoms with van der Waals surface area (Å²) in [6, 6.07) is 9.36. The Balaban J connectivity index is 1.62. The van der Waals surface area contributed by atoms with Crippen molar-refractivity contribution in [3.63, 3.8) is 0 Å². The van der Waals surface area contributed by atoms with Crippen LogP contribution in [-0.4, -0.2) is 25.9 Å². The standard InChI is InChI=1S/C14H15N3O3S/c15-21(19,20)11-6-13(16-8-11)14(18)17-7-10-5-9-3-1-2-4-12(9)10/h1-4,6,8,10,16H,5,7H2,(H,17,18)(H2,15,19,20). The van der Waals surface area contributed by atoms with Crippen LogP contribution in [0.15, 0.2) is 41.4 Å². The van der Waals surface area contributed by atoms with Gasteiger partial charge in [-0.3, -0.25) is 4.79 Å². The molecule has 7 heteroatoms. The average Bonchev–Trinajstić information content (AvgIpc) is 2.89. The first-order chi connectivity index (χ1) is 9.95. The Morgan fingerprint density at radius 1 is 1.38 bits per heavy atom. The number of nitrogens with one attached hydrogen (secondary N) is 2. The molecule has 21 heavy (non-hydrogen) atoms. The maximum atomic E-state index is 12.0. The van der Waals surface area contributed by atoms with Crippen LogP contribution in [0.3, 0.4) is 0 Å². The zero-order valence-electron chi connectivity index (χ0n) is 11.2. The minimum atomic E-state index is -3.79. The van der Waals surface area contributed by atoms with Crippen molar-refractivity contribution in [1.29, 1.82) is 0 Å². The molecule has 0 aliphatic heterocycles. The number of fused-ring (bicyclic) bond motifs is 1. The summed E-state index contributed by atoms with van der Waals surface area (Å²) in [5, 5.41) is 7.80. The second-order valence-corrected chi connectivity index (χ2v) is 6.67. The van der Waals surface area contributed by atoms with E-state index in [1.807, 2.05) is 12.1 Å². The third-order valence-corrected chi connectivity index (χ3v) is 4.59. The number of aromatic amines is 1. The molecular weight excluding hydrogens is 290 g/mol. The molecule has 1 amide bonds. The molecule has 1 heterocycles. The van der Waals surface area contributed by atoms with Crippen LogP contribution in [0.1, 0.15) is 27.5 Å². The molecule has 2 aromatic rings. The molecule has 0 radical (unpaired) electrons. The summed E-state index contributed by atoms with van der Waals surface area (Å²) in [6.45, 7) is 0.527. The van der Waals surface area contributed by atoms with Crippen LogP contribution in [-0.2, 0) is 16.4 Å². The number of primary sulfonamides is 1. The largest absolute Gasteiger partial charge is 0.356 e. The van der Waals surface area contributed by atoms with Crippen LogP contribution in [0, 0.1) is 0 Å². The minimum absolute atomic E-state index is 0.0957. The van der Waals surface area contributed by atoms with Gasteiger partial charge in [0.2, 0.25) is 10.0 Å². The lowest BCUT2D eigenvalue weighted by atomic mass is 9.77. The topological polar surface area (TPSA) is 105 Å². The maximum Gasteiger partial charge on any atom is 0.267 e. The van der Waals surface area contributed by atoms with Crippen molar-refractivity contribution in [1.82, 2.24) is 10.3 Å². The van der Waals surface area contributed by atoms with Gasteiger partial charge in [0.25, 0.3) is 5.91 Å². The number of rotatable bonds is 4. The fraction of sp³-hybridized carbons (Fsp3) is 0.214. The van der Waals surface area contributed by atoms with Crippen molar-refractivity contribution in [2.24, 2.45) is 5.14 Å². The number of benzene rings is 1. The molecular formula is C14H15N3O3S. The first-order valence-electron chi connectivity index (χ1n) is 6.52. The van der Waals surface area contributed by atoms with E-state index in [9.17, 15) is 13.2 Å². The van der Waals surface area contributed by atoms with Crippen molar-refractivity contribution in [2.45, 2.75) is 17.2 Å². The van der Waals surface area contributed by atoms with E-state index in [1.54, 1.807) is 0 Å². The van der Waals surface area contributed by atoms with E-state index < -0.39 is 10.0 Å². The minimum Gasteiger partial charge on any atom is -0.356 e. The molecule has 1 aliphatic rings. The first-order valence-corrected chi connectivity index (χ1v) is 8.07. The lowest BCUT2D eigenvalue weighted by Crippen LogP contribution is -2.33. The van der Waals surface area contributed by atoms with Gasteiger partial charge >= 0.3 is 0 Å². The lowest BCUT2D eigenvalue weighted by Gasteiger charge is -2.30. The van der Waals surface area contributed by atoms with Gasteiger partial charge in [0.1, 0.15) is 5.69 Å². The van der Waals surface area contributed by atoms with Crippen LogP contribution in [0.4, 0.5) is 0 Å². The van der Waals surface area contributed by atoms with Gasteiger partial charge in [-0.2, -0.15) is 0 Å². The second-order valence-electron chi connectivity index (χ2n) is 5.10. The van der Waals surface area contributed by atoms with Gasteiger partial charge in [0.15, 0.2) is 0 Å². The smallest absolute Gasteiger partial charge is 0.267 e. The van der Waals surface area contributed by atoms with Crippen molar-refractivity contribution in [2.75, 3.05) is 6.54 Å². The molecule has 4 N–H and O–H groups in total. The normalized spacial score (nSPS) is 16.9. The molecule has 6 nitrogen and oxygen atoms in total. The van der Waals surface area contributed by atoms with Gasteiger partial charge < -0.3 is 10.3 Å². The van der Waals surface area contributed by atoms with Gasteiger partial charge in [0, 0.05) is 18.7 Å². The first kappa shape index (κ1) is 13.8. The number of aromatic nitrogens is 1. The molecule has 1 unspecified atom stereocenters. The molecule has 1 aromatic heterocycles. The van der Waals surface area contributed by atoms with E-state index in [-0.39, 0.29) is 16.5 Å². The predicted molar refractivity (Wildman–Crippen MR) is 77.4 cm³/mol. The number of hydrogen-bond acceptors (Lipinski definition) is 3. The number of hydrogen-bond donors (Lipinski definition) is 3. The van der Waals surface area contributed by atoms with E-state index in [0.717, 1.165) is 6.42 Å². The summed E-state index contributed by atoms with van der Waals surface area (Å²) in [4.78, 5) is 14.5. The van der Waals surface area contributed by atoms with Gasteiger partial charge in [-0.15, -0.1) is 0 Å². The summed E-state index contributed by atoms with van der Waals surface area (Å²) < 4.78 is 22.3. The van der Waals surface area contributed by atoms with Crippen molar-refractivity contribution >= 4 is 15.9 Å². The Hall–Kier alpha value is -2.12. The number of sulfonamides is 1. The van der Waals surface area contributed by atoms with Crippen LogP contribution < -0.4 is 10.5 Å².